The SMILES string of the molecule is CC1(C)CCC(O)C(CN2CCC(C(C)(C)C)C2)C1. The summed E-state index contributed by atoms with van der Waals surface area (Å²) < 4.78 is 0. The van der Waals surface area contributed by atoms with Gasteiger partial charge in [-0.25, -0.2) is 0 Å². The highest BCUT2D eigenvalue weighted by molar-refractivity contribution is 4.89. The molecule has 0 bridgehead atoms. The molecule has 0 spiro atoms. The van der Waals surface area contributed by atoms with Crippen molar-refractivity contribution >= 4 is 0 Å². The first kappa shape index (κ1) is 15.3. The van der Waals surface area contributed by atoms with Gasteiger partial charge in [-0.2, -0.15) is 0 Å². The maximum atomic E-state index is 10.3. The van der Waals surface area contributed by atoms with Gasteiger partial charge in [0.15, 0.2) is 0 Å². The van der Waals surface area contributed by atoms with E-state index in [9.17, 15) is 5.11 Å². The Morgan fingerprint density at radius 2 is 1.89 bits per heavy atom. The third-order valence-corrected chi connectivity index (χ3v) is 5.47. The monoisotopic (exact) mass is 267 g/mol. The van der Waals surface area contributed by atoms with Crippen LogP contribution in [-0.4, -0.2) is 35.7 Å². The predicted molar refractivity (Wildman–Crippen MR) is 81.1 cm³/mol. The highest BCUT2D eigenvalue weighted by Crippen LogP contribution is 2.40. The van der Waals surface area contributed by atoms with Crippen LogP contribution in [0.1, 0.15) is 60.3 Å². The van der Waals surface area contributed by atoms with Crippen LogP contribution in [0.25, 0.3) is 0 Å². The number of hydrogen-bond acceptors (Lipinski definition) is 2. The maximum absolute atomic E-state index is 10.3. The predicted octanol–water partition coefficient (Wildman–Crippen LogP) is 3.54. The van der Waals surface area contributed by atoms with Crippen molar-refractivity contribution in [3.05, 3.63) is 0 Å². The topological polar surface area (TPSA) is 23.5 Å². The van der Waals surface area contributed by atoms with Crippen LogP contribution in [-0.2, 0) is 0 Å². The Morgan fingerprint density at radius 1 is 1.21 bits per heavy atom. The average Bonchev–Trinajstić information content (AvgIpc) is 2.71. The van der Waals surface area contributed by atoms with Gasteiger partial charge in [-0.1, -0.05) is 34.6 Å². The minimum absolute atomic E-state index is 0.0679. The molecule has 2 heteroatoms. The number of likely N-dealkylation sites (tertiary alicyclic amines) is 1. The van der Waals surface area contributed by atoms with E-state index < -0.39 is 0 Å². The van der Waals surface area contributed by atoms with Crippen LogP contribution in [0.2, 0.25) is 0 Å². The van der Waals surface area contributed by atoms with Crippen molar-refractivity contribution in [2.75, 3.05) is 19.6 Å². The molecule has 3 unspecified atom stereocenters. The van der Waals surface area contributed by atoms with E-state index in [0.717, 1.165) is 18.9 Å². The summed E-state index contributed by atoms with van der Waals surface area (Å²) in [6, 6.07) is 0. The van der Waals surface area contributed by atoms with Crippen LogP contribution in [0.4, 0.5) is 0 Å². The van der Waals surface area contributed by atoms with Gasteiger partial charge >= 0.3 is 0 Å². The molecular weight excluding hydrogens is 234 g/mol. The molecule has 0 aromatic heterocycles. The molecule has 2 aliphatic rings. The van der Waals surface area contributed by atoms with Crippen molar-refractivity contribution in [2.24, 2.45) is 22.7 Å². The molecule has 1 heterocycles. The summed E-state index contributed by atoms with van der Waals surface area (Å²) in [6.45, 7) is 15.4. The summed E-state index contributed by atoms with van der Waals surface area (Å²) in [6.07, 6.45) is 4.62. The minimum Gasteiger partial charge on any atom is -0.393 e. The maximum Gasteiger partial charge on any atom is 0.0581 e. The quantitative estimate of drug-likeness (QED) is 0.827. The van der Waals surface area contributed by atoms with Gasteiger partial charge in [0.05, 0.1) is 6.10 Å². The highest BCUT2D eigenvalue weighted by atomic mass is 16.3. The summed E-state index contributed by atoms with van der Waals surface area (Å²) in [5, 5.41) is 10.3. The van der Waals surface area contributed by atoms with Gasteiger partial charge in [0, 0.05) is 13.1 Å². The third kappa shape index (κ3) is 3.95. The van der Waals surface area contributed by atoms with E-state index in [1.807, 2.05) is 0 Å². The first-order chi connectivity index (χ1) is 8.67. The van der Waals surface area contributed by atoms with Gasteiger partial charge in [0.2, 0.25) is 0 Å². The highest BCUT2D eigenvalue weighted by Gasteiger charge is 2.37. The molecule has 1 aliphatic heterocycles. The standard InChI is InChI=1S/C17H33NO/c1-16(2,3)14-7-9-18(12-14)11-13-10-17(4,5)8-6-15(13)19/h13-15,19H,6-12H2,1-5H3. The van der Waals surface area contributed by atoms with Gasteiger partial charge < -0.3 is 10.0 Å². The van der Waals surface area contributed by atoms with Crippen molar-refractivity contribution in [1.29, 1.82) is 0 Å². The minimum atomic E-state index is -0.0679. The van der Waals surface area contributed by atoms with Crippen LogP contribution in [0.3, 0.4) is 0 Å². The molecule has 19 heavy (non-hydrogen) atoms. The van der Waals surface area contributed by atoms with Gasteiger partial charge in [-0.15, -0.1) is 0 Å². The molecule has 0 aromatic carbocycles. The van der Waals surface area contributed by atoms with Crippen molar-refractivity contribution in [3.8, 4) is 0 Å². The molecular formula is C17H33NO. The lowest BCUT2D eigenvalue weighted by atomic mass is 9.70. The molecule has 2 fully saturated rings. The van der Waals surface area contributed by atoms with E-state index in [1.54, 1.807) is 0 Å². The van der Waals surface area contributed by atoms with Gasteiger partial charge in [-0.05, 0) is 54.9 Å². The van der Waals surface area contributed by atoms with Crippen molar-refractivity contribution < 1.29 is 5.11 Å². The van der Waals surface area contributed by atoms with Crippen molar-refractivity contribution in [3.63, 3.8) is 0 Å². The van der Waals surface area contributed by atoms with Gasteiger partial charge in [0.25, 0.3) is 0 Å². The Labute approximate surface area is 119 Å². The smallest absolute Gasteiger partial charge is 0.0581 e. The van der Waals surface area contributed by atoms with E-state index in [4.69, 9.17) is 0 Å². The number of aliphatic hydroxyl groups is 1. The van der Waals surface area contributed by atoms with Crippen LogP contribution in [0, 0.1) is 22.7 Å². The summed E-state index contributed by atoms with van der Waals surface area (Å²) in [5.74, 6) is 1.31. The lowest BCUT2D eigenvalue weighted by Gasteiger charge is -2.40. The second-order valence-corrected chi connectivity index (χ2v) is 8.85. The number of rotatable bonds is 2. The summed E-state index contributed by atoms with van der Waals surface area (Å²) >= 11 is 0. The van der Waals surface area contributed by atoms with Crippen molar-refractivity contribution in [1.82, 2.24) is 4.90 Å². The number of aliphatic hydroxyl groups excluding tert-OH is 1. The Hall–Kier alpha value is -0.0800. The molecule has 3 atom stereocenters. The van der Waals surface area contributed by atoms with E-state index in [-0.39, 0.29) is 6.10 Å². The molecule has 1 aliphatic carbocycles. The summed E-state index contributed by atoms with van der Waals surface area (Å²) in [4.78, 5) is 2.60. The first-order valence-electron chi connectivity index (χ1n) is 8.08. The lowest BCUT2D eigenvalue weighted by Crippen LogP contribution is -2.40. The zero-order valence-corrected chi connectivity index (χ0v) is 13.6. The molecule has 112 valence electrons. The van der Waals surface area contributed by atoms with E-state index >= 15 is 0 Å². The van der Waals surface area contributed by atoms with Crippen LogP contribution in [0.5, 0.6) is 0 Å². The molecule has 1 saturated heterocycles. The molecule has 1 N–H and O–H groups in total. The average molecular weight is 267 g/mol. The second-order valence-electron chi connectivity index (χ2n) is 8.85. The van der Waals surface area contributed by atoms with Crippen LogP contribution < -0.4 is 0 Å². The normalized spacial score (nSPS) is 36.6. The number of nitrogens with zero attached hydrogens (tertiary/aromatic N) is 1. The van der Waals surface area contributed by atoms with Crippen LogP contribution in [0.15, 0.2) is 0 Å². The largest absolute Gasteiger partial charge is 0.393 e. The van der Waals surface area contributed by atoms with Crippen molar-refractivity contribution in [2.45, 2.75) is 66.4 Å². The lowest BCUT2D eigenvalue weighted by molar-refractivity contribution is 0.00628. The Bertz CT molecular complexity index is 305. The second kappa shape index (κ2) is 5.37. The molecule has 2 nitrogen and oxygen atoms in total. The zero-order chi connectivity index (χ0) is 14.3. The molecule has 0 radical (unpaired) electrons. The fourth-order valence-electron chi connectivity index (χ4n) is 3.95. The fourth-order valence-corrected chi connectivity index (χ4v) is 3.95. The van der Waals surface area contributed by atoms with E-state index in [1.165, 1.54) is 32.4 Å². The van der Waals surface area contributed by atoms with Gasteiger partial charge in [-0.3, -0.25) is 0 Å². The number of hydrogen-bond donors (Lipinski definition) is 1. The fraction of sp³-hybridized carbons (Fsp3) is 1.00. The molecule has 2 rings (SSSR count). The Balaban J connectivity index is 1.88. The Morgan fingerprint density at radius 3 is 2.47 bits per heavy atom. The van der Waals surface area contributed by atoms with E-state index in [0.29, 0.717) is 16.7 Å². The zero-order valence-electron chi connectivity index (χ0n) is 13.6. The van der Waals surface area contributed by atoms with Gasteiger partial charge in [0.1, 0.15) is 0 Å². The van der Waals surface area contributed by atoms with E-state index in [2.05, 4.69) is 39.5 Å². The molecule has 1 saturated carbocycles. The molecule has 0 aromatic rings. The summed E-state index contributed by atoms with van der Waals surface area (Å²) in [5.41, 5.74) is 0.853. The van der Waals surface area contributed by atoms with Crippen LogP contribution >= 0.6 is 0 Å². The third-order valence-electron chi connectivity index (χ3n) is 5.47. The summed E-state index contributed by atoms with van der Waals surface area (Å²) in [7, 11) is 0. The molecule has 0 amide bonds. The Kier molecular flexibility index (Phi) is 4.32. The first-order valence-corrected chi connectivity index (χ1v) is 8.08.